The number of benzene rings is 1. The number of aromatic nitrogens is 3. The number of rotatable bonds is 5. The van der Waals surface area contributed by atoms with Crippen molar-refractivity contribution in [3.05, 3.63) is 41.2 Å². The van der Waals surface area contributed by atoms with E-state index < -0.39 is 17.6 Å². The van der Waals surface area contributed by atoms with E-state index in [1.54, 1.807) is 26.8 Å². The summed E-state index contributed by atoms with van der Waals surface area (Å²) in [4.78, 5) is 24.5. The summed E-state index contributed by atoms with van der Waals surface area (Å²) in [7, 11) is 0. The van der Waals surface area contributed by atoms with Crippen LogP contribution in [0.4, 0.5) is 0 Å². The molecule has 0 fully saturated rings. The van der Waals surface area contributed by atoms with Gasteiger partial charge in [-0.05, 0) is 39.8 Å². The normalized spacial score (nSPS) is 11.8. The van der Waals surface area contributed by atoms with Crippen LogP contribution in [-0.2, 0) is 4.79 Å². The second kappa shape index (κ2) is 7.04. The Morgan fingerprint density at radius 1 is 1.21 bits per heavy atom. The topological polar surface area (TPSA) is 101 Å². The van der Waals surface area contributed by atoms with Gasteiger partial charge in [0.25, 0.3) is 0 Å². The molecule has 2 rings (SSSR count). The van der Waals surface area contributed by atoms with E-state index in [1.165, 1.54) is 4.68 Å². The second-order valence-corrected chi connectivity index (χ2v) is 5.86. The van der Waals surface area contributed by atoms with Crippen LogP contribution in [0.5, 0.6) is 0 Å². The van der Waals surface area contributed by atoms with Gasteiger partial charge in [-0.1, -0.05) is 22.9 Å². The van der Waals surface area contributed by atoms with Gasteiger partial charge in [-0.25, -0.2) is 4.68 Å². The Morgan fingerprint density at radius 3 is 2.38 bits per heavy atom. The van der Waals surface area contributed by atoms with Crippen molar-refractivity contribution in [2.75, 3.05) is 0 Å². The third-order valence-corrected chi connectivity index (χ3v) is 3.49. The third-order valence-electron chi connectivity index (χ3n) is 3.49. The first kappa shape index (κ1) is 17.3. The van der Waals surface area contributed by atoms with Crippen molar-refractivity contribution in [3.8, 4) is 11.8 Å². The third kappa shape index (κ3) is 3.49. The lowest BCUT2D eigenvalue weighted by Crippen LogP contribution is -2.38. The minimum absolute atomic E-state index is 0.0287. The average molecular weight is 325 g/mol. The van der Waals surface area contributed by atoms with Crippen LogP contribution in [0.2, 0.25) is 0 Å². The number of carbonyl (C=O) groups is 2. The minimum Gasteiger partial charge on any atom is -0.352 e. The monoisotopic (exact) mass is 325 g/mol. The number of Topliss-reactive ketones (excluding diaryl/α,β-unsaturated/α-hetero) is 1. The van der Waals surface area contributed by atoms with E-state index in [2.05, 4.69) is 15.6 Å². The first-order valence-corrected chi connectivity index (χ1v) is 7.58. The molecule has 1 amide bonds. The number of hydrogen-bond acceptors (Lipinski definition) is 5. The summed E-state index contributed by atoms with van der Waals surface area (Å²) < 4.78 is 1.52. The molecule has 124 valence electrons. The van der Waals surface area contributed by atoms with E-state index in [4.69, 9.17) is 0 Å². The fourth-order valence-corrected chi connectivity index (χ4v) is 2.23. The predicted molar refractivity (Wildman–Crippen MR) is 87.5 cm³/mol. The van der Waals surface area contributed by atoms with Crippen LogP contribution in [0.25, 0.3) is 5.69 Å². The molecule has 2 aromatic rings. The number of nitrogens with zero attached hydrogens (tertiary/aromatic N) is 4. The first-order valence-electron chi connectivity index (χ1n) is 7.58. The van der Waals surface area contributed by atoms with Crippen LogP contribution in [-0.4, -0.2) is 32.7 Å². The number of amides is 1. The highest BCUT2D eigenvalue weighted by Gasteiger charge is 2.31. The standard InChI is InChI=1S/C17H19N5O2/c1-10(2)19-17(24)14(9-18)16(23)15-12(4)22(21-20-15)13-7-5-11(3)6-8-13/h5-8,10,14H,1-4H3,(H,19,24)/t14-/m1/s1. The average Bonchev–Trinajstić information content (AvgIpc) is 2.89. The highest BCUT2D eigenvalue weighted by molar-refractivity contribution is 6.11. The highest BCUT2D eigenvalue weighted by atomic mass is 16.2. The predicted octanol–water partition coefficient (Wildman–Crippen LogP) is 1.73. The smallest absolute Gasteiger partial charge is 0.245 e. The van der Waals surface area contributed by atoms with E-state index in [1.807, 2.05) is 31.2 Å². The van der Waals surface area contributed by atoms with Gasteiger partial charge in [-0.3, -0.25) is 9.59 Å². The Bertz CT molecular complexity index is 799. The lowest BCUT2D eigenvalue weighted by molar-refractivity contribution is -0.122. The van der Waals surface area contributed by atoms with E-state index in [9.17, 15) is 14.9 Å². The summed E-state index contributed by atoms with van der Waals surface area (Å²) >= 11 is 0. The van der Waals surface area contributed by atoms with Gasteiger partial charge in [0.1, 0.15) is 0 Å². The summed E-state index contributed by atoms with van der Waals surface area (Å²) in [5, 5.41) is 19.6. The molecule has 7 heteroatoms. The molecule has 7 nitrogen and oxygen atoms in total. The van der Waals surface area contributed by atoms with Crippen molar-refractivity contribution < 1.29 is 9.59 Å². The Balaban J connectivity index is 2.32. The van der Waals surface area contributed by atoms with Crippen molar-refractivity contribution in [3.63, 3.8) is 0 Å². The lowest BCUT2D eigenvalue weighted by Gasteiger charge is -2.11. The maximum Gasteiger partial charge on any atom is 0.245 e. The summed E-state index contributed by atoms with van der Waals surface area (Å²) in [5.41, 5.74) is 2.37. The summed E-state index contributed by atoms with van der Waals surface area (Å²) in [6.45, 7) is 7.17. The minimum atomic E-state index is -1.44. The molecule has 0 aliphatic heterocycles. The van der Waals surface area contributed by atoms with Crippen LogP contribution in [0.3, 0.4) is 0 Å². The number of nitriles is 1. The molecule has 0 unspecified atom stereocenters. The number of carbonyl (C=O) groups excluding carboxylic acids is 2. The maximum absolute atomic E-state index is 12.5. The molecule has 0 spiro atoms. The molecule has 0 saturated heterocycles. The molecule has 0 aliphatic rings. The fourth-order valence-electron chi connectivity index (χ4n) is 2.23. The van der Waals surface area contributed by atoms with Gasteiger partial charge in [-0.15, -0.1) is 5.10 Å². The molecular formula is C17H19N5O2. The Morgan fingerprint density at radius 2 is 1.83 bits per heavy atom. The molecular weight excluding hydrogens is 306 g/mol. The van der Waals surface area contributed by atoms with Gasteiger partial charge in [0.15, 0.2) is 11.6 Å². The van der Waals surface area contributed by atoms with Gasteiger partial charge in [0, 0.05) is 6.04 Å². The van der Waals surface area contributed by atoms with Crippen molar-refractivity contribution in [1.29, 1.82) is 5.26 Å². The molecule has 1 atom stereocenters. The zero-order valence-corrected chi connectivity index (χ0v) is 14.1. The van der Waals surface area contributed by atoms with Crippen LogP contribution < -0.4 is 5.32 Å². The molecule has 0 bridgehead atoms. The van der Waals surface area contributed by atoms with Crippen LogP contribution >= 0.6 is 0 Å². The molecule has 1 aromatic carbocycles. The molecule has 0 aliphatic carbocycles. The maximum atomic E-state index is 12.5. The number of aryl methyl sites for hydroxylation is 1. The molecule has 1 aromatic heterocycles. The van der Waals surface area contributed by atoms with E-state index >= 15 is 0 Å². The van der Waals surface area contributed by atoms with E-state index in [0.717, 1.165) is 11.3 Å². The Labute approximate surface area is 140 Å². The number of nitrogens with one attached hydrogen (secondary N) is 1. The van der Waals surface area contributed by atoms with Crippen molar-refractivity contribution in [2.24, 2.45) is 5.92 Å². The second-order valence-electron chi connectivity index (χ2n) is 5.86. The first-order chi connectivity index (χ1) is 11.3. The van der Waals surface area contributed by atoms with Gasteiger partial charge in [0.05, 0.1) is 17.5 Å². The van der Waals surface area contributed by atoms with Gasteiger partial charge >= 0.3 is 0 Å². The van der Waals surface area contributed by atoms with Crippen LogP contribution in [0.15, 0.2) is 24.3 Å². The van der Waals surface area contributed by atoms with Crippen molar-refractivity contribution in [1.82, 2.24) is 20.3 Å². The van der Waals surface area contributed by atoms with E-state index in [-0.39, 0.29) is 11.7 Å². The van der Waals surface area contributed by atoms with Gasteiger partial charge < -0.3 is 5.32 Å². The molecule has 0 saturated carbocycles. The SMILES string of the molecule is Cc1ccc(-n2nnc(C(=O)[C@@H](C#N)C(=O)NC(C)C)c2C)cc1. The quantitative estimate of drug-likeness (QED) is 0.666. The fraction of sp³-hybridized carbons (Fsp3) is 0.353. The molecule has 1 N–H and O–H groups in total. The van der Waals surface area contributed by atoms with Crippen molar-refractivity contribution >= 4 is 11.7 Å². The van der Waals surface area contributed by atoms with Crippen molar-refractivity contribution in [2.45, 2.75) is 33.7 Å². The Hall–Kier alpha value is -3.01. The summed E-state index contributed by atoms with van der Waals surface area (Å²) in [5.74, 6) is -2.71. The van der Waals surface area contributed by atoms with Crippen LogP contribution in [0.1, 0.15) is 35.6 Å². The molecule has 0 radical (unpaired) electrons. The van der Waals surface area contributed by atoms with E-state index in [0.29, 0.717) is 5.69 Å². The van der Waals surface area contributed by atoms with Crippen LogP contribution in [0, 0.1) is 31.1 Å². The summed E-state index contributed by atoms with van der Waals surface area (Å²) in [6, 6.07) is 9.15. The largest absolute Gasteiger partial charge is 0.352 e. The molecule has 24 heavy (non-hydrogen) atoms. The Kier molecular flexibility index (Phi) is 5.09. The highest BCUT2D eigenvalue weighted by Crippen LogP contribution is 2.16. The van der Waals surface area contributed by atoms with Gasteiger partial charge in [-0.2, -0.15) is 5.26 Å². The zero-order valence-electron chi connectivity index (χ0n) is 14.1. The summed E-state index contributed by atoms with van der Waals surface area (Å²) in [6.07, 6.45) is 0. The zero-order chi connectivity index (χ0) is 17.9. The molecule has 1 heterocycles. The van der Waals surface area contributed by atoms with Gasteiger partial charge in [0.2, 0.25) is 11.7 Å². The lowest BCUT2D eigenvalue weighted by atomic mass is 10.0. The number of ketones is 1. The number of hydrogen-bond donors (Lipinski definition) is 1.